The zero-order chi connectivity index (χ0) is 11.0. The van der Waals surface area contributed by atoms with E-state index in [1.54, 1.807) is 0 Å². The van der Waals surface area contributed by atoms with Crippen LogP contribution in [0.25, 0.3) is 10.9 Å². The number of benzene rings is 1. The number of hydrogen-bond donors (Lipinski definition) is 0. The molecule has 1 aromatic heterocycles. The summed E-state index contributed by atoms with van der Waals surface area (Å²) >= 11 is 6.13. The minimum atomic E-state index is 0.298. The first-order valence-electron chi connectivity index (χ1n) is 5.02. The van der Waals surface area contributed by atoms with Gasteiger partial charge in [-0.2, -0.15) is 0 Å². The van der Waals surface area contributed by atoms with E-state index in [4.69, 9.17) is 11.6 Å². The Balaban J connectivity index is 2.80. The van der Waals surface area contributed by atoms with E-state index in [0.717, 1.165) is 22.3 Å². The lowest BCUT2D eigenvalue weighted by molar-refractivity contribution is 0.782. The first-order valence-corrected chi connectivity index (χ1v) is 5.40. The van der Waals surface area contributed by atoms with Crippen LogP contribution in [0.2, 0.25) is 5.15 Å². The summed E-state index contributed by atoms with van der Waals surface area (Å²) in [5.41, 5.74) is 2.10. The van der Waals surface area contributed by atoms with Crippen LogP contribution in [-0.2, 0) is 0 Å². The number of nitrogens with zero attached hydrogens (tertiary/aromatic N) is 2. The third kappa shape index (κ3) is 1.82. The van der Waals surface area contributed by atoms with Crippen LogP contribution in [0.1, 0.15) is 31.2 Å². The van der Waals surface area contributed by atoms with E-state index in [1.165, 1.54) is 0 Å². The summed E-state index contributed by atoms with van der Waals surface area (Å²) in [4.78, 5) is 8.84. The molecule has 1 aromatic carbocycles. The Labute approximate surface area is 94.3 Å². The normalized spacial score (nSPS) is 11.3. The van der Waals surface area contributed by atoms with Crippen molar-refractivity contribution in [2.24, 2.45) is 0 Å². The molecule has 0 aliphatic carbocycles. The van der Waals surface area contributed by atoms with Gasteiger partial charge in [0.05, 0.1) is 5.52 Å². The number of aryl methyl sites for hydroxylation is 1. The fourth-order valence-electron chi connectivity index (χ4n) is 1.53. The molecule has 0 aliphatic rings. The van der Waals surface area contributed by atoms with Gasteiger partial charge in [0.25, 0.3) is 0 Å². The van der Waals surface area contributed by atoms with Crippen molar-refractivity contribution in [3.63, 3.8) is 0 Å². The highest BCUT2D eigenvalue weighted by Crippen LogP contribution is 2.24. The van der Waals surface area contributed by atoms with Gasteiger partial charge >= 0.3 is 0 Å². The first kappa shape index (κ1) is 10.4. The van der Waals surface area contributed by atoms with E-state index in [-0.39, 0.29) is 0 Å². The Morgan fingerprint density at radius 1 is 1.20 bits per heavy atom. The first-order chi connectivity index (χ1) is 7.09. The molecule has 0 unspecified atom stereocenters. The predicted octanol–water partition coefficient (Wildman–Crippen LogP) is 3.72. The molecule has 0 amide bonds. The summed E-state index contributed by atoms with van der Waals surface area (Å²) in [6.07, 6.45) is 0. The second-order valence-electron chi connectivity index (χ2n) is 4.00. The van der Waals surface area contributed by atoms with E-state index in [1.807, 2.05) is 25.1 Å². The Kier molecular flexibility index (Phi) is 2.61. The van der Waals surface area contributed by atoms with Crippen molar-refractivity contribution in [1.29, 1.82) is 0 Å². The van der Waals surface area contributed by atoms with E-state index in [2.05, 4.69) is 23.8 Å². The van der Waals surface area contributed by atoms with Crippen molar-refractivity contribution >= 4 is 22.5 Å². The Hall–Kier alpha value is -1.15. The topological polar surface area (TPSA) is 25.8 Å². The maximum atomic E-state index is 6.13. The third-order valence-corrected chi connectivity index (χ3v) is 2.70. The highest BCUT2D eigenvalue weighted by molar-refractivity contribution is 6.34. The highest BCUT2D eigenvalue weighted by Gasteiger charge is 2.09. The van der Waals surface area contributed by atoms with Gasteiger partial charge < -0.3 is 0 Å². The predicted molar refractivity (Wildman–Crippen MR) is 63.4 cm³/mol. The van der Waals surface area contributed by atoms with E-state index in [9.17, 15) is 0 Å². The molecule has 0 spiro atoms. The molecule has 78 valence electrons. The molecular weight excluding hydrogens is 208 g/mol. The van der Waals surface area contributed by atoms with Gasteiger partial charge in [-0.05, 0) is 18.6 Å². The number of para-hydroxylation sites is 1. The zero-order valence-corrected chi connectivity index (χ0v) is 9.84. The van der Waals surface area contributed by atoms with Gasteiger partial charge in [-0.15, -0.1) is 0 Å². The van der Waals surface area contributed by atoms with Gasteiger partial charge in [0.1, 0.15) is 11.0 Å². The highest BCUT2D eigenvalue weighted by atomic mass is 35.5. The maximum absolute atomic E-state index is 6.13. The lowest BCUT2D eigenvalue weighted by atomic mass is 10.1. The second-order valence-corrected chi connectivity index (χ2v) is 4.36. The number of halogens is 1. The van der Waals surface area contributed by atoms with Gasteiger partial charge in [0.15, 0.2) is 0 Å². The van der Waals surface area contributed by atoms with Crippen molar-refractivity contribution < 1.29 is 0 Å². The molecule has 0 N–H and O–H groups in total. The average Bonchev–Trinajstić information content (AvgIpc) is 2.19. The SMILES string of the molecule is Cc1cccc2c(Cl)nc(C(C)C)nc12. The number of fused-ring (bicyclic) bond motifs is 1. The lowest BCUT2D eigenvalue weighted by Gasteiger charge is -2.08. The van der Waals surface area contributed by atoms with Gasteiger partial charge in [0.2, 0.25) is 0 Å². The molecule has 0 saturated heterocycles. The minimum absolute atomic E-state index is 0.298. The van der Waals surface area contributed by atoms with Crippen LogP contribution in [-0.4, -0.2) is 9.97 Å². The molecule has 1 heterocycles. The molecule has 0 aliphatic heterocycles. The lowest BCUT2D eigenvalue weighted by Crippen LogP contribution is -1.99. The quantitative estimate of drug-likeness (QED) is 0.685. The van der Waals surface area contributed by atoms with Crippen LogP contribution in [0, 0.1) is 6.92 Å². The zero-order valence-electron chi connectivity index (χ0n) is 9.08. The largest absolute Gasteiger partial charge is 0.232 e. The van der Waals surface area contributed by atoms with E-state index in [0.29, 0.717) is 11.1 Å². The summed E-state index contributed by atoms with van der Waals surface area (Å²) in [7, 11) is 0. The van der Waals surface area contributed by atoms with Crippen molar-refractivity contribution in [2.45, 2.75) is 26.7 Å². The summed E-state index contributed by atoms with van der Waals surface area (Å²) in [5, 5.41) is 1.48. The molecule has 3 heteroatoms. The van der Waals surface area contributed by atoms with Crippen LogP contribution in [0.15, 0.2) is 18.2 Å². The van der Waals surface area contributed by atoms with Crippen molar-refractivity contribution in [2.75, 3.05) is 0 Å². The number of hydrogen-bond acceptors (Lipinski definition) is 2. The molecule has 0 atom stereocenters. The molecule has 15 heavy (non-hydrogen) atoms. The van der Waals surface area contributed by atoms with Crippen LogP contribution in [0.4, 0.5) is 0 Å². The monoisotopic (exact) mass is 220 g/mol. The van der Waals surface area contributed by atoms with Crippen LogP contribution in [0.5, 0.6) is 0 Å². The molecule has 0 radical (unpaired) electrons. The summed E-state index contributed by atoms with van der Waals surface area (Å²) in [6.45, 7) is 6.17. The number of aromatic nitrogens is 2. The minimum Gasteiger partial charge on any atom is -0.232 e. The van der Waals surface area contributed by atoms with E-state index >= 15 is 0 Å². The van der Waals surface area contributed by atoms with Gasteiger partial charge in [-0.3, -0.25) is 0 Å². The fourth-order valence-corrected chi connectivity index (χ4v) is 1.77. The second kappa shape index (κ2) is 3.78. The fraction of sp³-hybridized carbons (Fsp3) is 0.333. The molecule has 0 fully saturated rings. The third-order valence-electron chi connectivity index (χ3n) is 2.42. The van der Waals surface area contributed by atoms with Gasteiger partial charge in [0, 0.05) is 11.3 Å². The standard InChI is InChI=1S/C12H13ClN2/c1-7(2)12-14-10-8(3)5-4-6-9(10)11(13)15-12/h4-7H,1-3H3. The van der Waals surface area contributed by atoms with Crippen LogP contribution in [0.3, 0.4) is 0 Å². The molecule has 0 bridgehead atoms. The van der Waals surface area contributed by atoms with Crippen molar-refractivity contribution in [3.8, 4) is 0 Å². The smallest absolute Gasteiger partial charge is 0.140 e. The van der Waals surface area contributed by atoms with Crippen molar-refractivity contribution in [3.05, 3.63) is 34.7 Å². The van der Waals surface area contributed by atoms with Crippen LogP contribution >= 0.6 is 11.6 Å². The molecule has 2 aromatic rings. The van der Waals surface area contributed by atoms with Gasteiger partial charge in [-0.25, -0.2) is 9.97 Å². The number of rotatable bonds is 1. The van der Waals surface area contributed by atoms with Crippen LogP contribution < -0.4 is 0 Å². The molecular formula is C12H13ClN2. The maximum Gasteiger partial charge on any atom is 0.140 e. The average molecular weight is 221 g/mol. The van der Waals surface area contributed by atoms with E-state index < -0.39 is 0 Å². The van der Waals surface area contributed by atoms with Gasteiger partial charge in [-0.1, -0.05) is 37.6 Å². The summed E-state index contributed by atoms with van der Waals surface area (Å²) in [5.74, 6) is 1.10. The Bertz CT molecular complexity index is 506. The Morgan fingerprint density at radius 3 is 2.60 bits per heavy atom. The molecule has 2 nitrogen and oxygen atoms in total. The Morgan fingerprint density at radius 2 is 1.93 bits per heavy atom. The summed E-state index contributed by atoms with van der Waals surface area (Å²) in [6, 6.07) is 5.96. The molecule has 2 rings (SSSR count). The summed E-state index contributed by atoms with van der Waals surface area (Å²) < 4.78 is 0. The molecule has 0 saturated carbocycles. The van der Waals surface area contributed by atoms with Crippen molar-refractivity contribution in [1.82, 2.24) is 9.97 Å².